The highest BCUT2D eigenvalue weighted by atomic mass is 28.3. The Labute approximate surface area is 181 Å². The highest BCUT2D eigenvalue weighted by Gasteiger charge is 2.45. The molecule has 0 saturated carbocycles. The third-order valence-corrected chi connectivity index (χ3v) is 5.89. The van der Waals surface area contributed by atoms with Crippen LogP contribution in [-0.4, -0.2) is 29.2 Å². The largest absolute Gasteiger partial charge is 0.546 e. The second-order valence-electron chi connectivity index (χ2n) is 8.78. The zero-order valence-corrected chi connectivity index (χ0v) is 20.1. The van der Waals surface area contributed by atoms with Gasteiger partial charge >= 0.3 is 0 Å². The molecule has 30 heavy (non-hydrogen) atoms. The lowest BCUT2D eigenvalue weighted by molar-refractivity contribution is -0.118. The van der Waals surface area contributed by atoms with Gasteiger partial charge in [-0.2, -0.15) is 0 Å². The van der Waals surface area contributed by atoms with Gasteiger partial charge in [0.15, 0.2) is 0 Å². The summed E-state index contributed by atoms with van der Waals surface area (Å²) < 4.78 is 17.5. The van der Waals surface area contributed by atoms with E-state index in [1.54, 1.807) is 19.1 Å². The van der Waals surface area contributed by atoms with Gasteiger partial charge in [-0.05, 0) is 42.8 Å². The van der Waals surface area contributed by atoms with E-state index in [-0.39, 0.29) is 17.4 Å². The maximum atomic E-state index is 12.8. The standard InChI is InChI=1S/C24H31NO4Si/c1-15-21(25(23(15)26)16-10-9-11-17(14-16)27-5)18-12-13-19(28-6)20(24(2,3)4)22(18)29-30(7)8/h9-14,21,30H,1H2,2-8H3/t21-/m1/s1. The van der Waals surface area contributed by atoms with Gasteiger partial charge in [-0.15, -0.1) is 0 Å². The second kappa shape index (κ2) is 8.18. The summed E-state index contributed by atoms with van der Waals surface area (Å²) >= 11 is 0. The molecule has 1 fully saturated rings. The SMILES string of the molecule is C=C1C(=O)N(c2cccc(OC)c2)[C@H]1c1ccc(OC)c(C(C)(C)C)c1O[SiH](C)C. The van der Waals surface area contributed by atoms with Crippen molar-refractivity contribution in [1.29, 1.82) is 0 Å². The maximum absolute atomic E-state index is 12.8. The Bertz CT molecular complexity index is 978. The first-order chi connectivity index (χ1) is 14.1. The number of hydrogen-bond donors (Lipinski definition) is 0. The molecule has 0 spiro atoms. The Morgan fingerprint density at radius 2 is 1.77 bits per heavy atom. The Balaban J connectivity index is 2.19. The molecule has 0 N–H and O–H groups in total. The van der Waals surface area contributed by atoms with E-state index in [4.69, 9.17) is 13.9 Å². The fraction of sp³-hybridized carbons (Fsp3) is 0.375. The first-order valence-corrected chi connectivity index (χ1v) is 12.9. The molecule has 1 amide bonds. The lowest BCUT2D eigenvalue weighted by Crippen LogP contribution is -2.49. The Kier molecular flexibility index (Phi) is 5.99. The Morgan fingerprint density at radius 1 is 1.07 bits per heavy atom. The summed E-state index contributed by atoms with van der Waals surface area (Å²) in [6.07, 6.45) is 0. The van der Waals surface area contributed by atoms with Gasteiger partial charge in [-0.25, -0.2) is 0 Å². The van der Waals surface area contributed by atoms with Crippen molar-refractivity contribution < 1.29 is 18.7 Å². The fourth-order valence-electron chi connectivity index (χ4n) is 3.87. The van der Waals surface area contributed by atoms with Gasteiger partial charge in [0.05, 0.1) is 20.3 Å². The van der Waals surface area contributed by atoms with Gasteiger partial charge in [0.25, 0.3) is 5.91 Å². The minimum Gasteiger partial charge on any atom is -0.546 e. The third kappa shape index (κ3) is 3.84. The van der Waals surface area contributed by atoms with Gasteiger partial charge in [0, 0.05) is 28.5 Å². The maximum Gasteiger partial charge on any atom is 0.256 e. The molecule has 0 radical (unpaired) electrons. The lowest BCUT2D eigenvalue weighted by Gasteiger charge is -2.44. The second-order valence-corrected chi connectivity index (χ2v) is 11.1. The summed E-state index contributed by atoms with van der Waals surface area (Å²) in [7, 11) is 1.86. The molecule has 2 aromatic rings. The number of β-lactam (4-membered cyclic amide) rings is 1. The predicted octanol–water partition coefficient (Wildman–Crippen LogP) is 5.01. The number of nitrogens with zero attached hydrogens (tertiary/aromatic N) is 1. The number of amides is 1. The van der Waals surface area contributed by atoms with Crippen LogP contribution in [-0.2, 0) is 10.2 Å². The van der Waals surface area contributed by atoms with Crippen molar-refractivity contribution in [1.82, 2.24) is 0 Å². The quantitative estimate of drug-likeness (QED) is 0.371. The highest BCUT2D eigenvalue weighted by molar-refractivity contribution is 6.49. The van der Waals surface area contributed by atoms with Crippen LogP contribution >= 0.6 is 0 Å². The van der Waals surface area contributed by atoms with E-state index < -0.39 is 9.04 Å². The van der Waals surface area contributed by atoms with Crippen LogP contribution in [0.15, 0.2) is 48.6 Å². The molecule has 1 aliphatic rings. The van der Waals surface area contributed by atoms with E-state index in [0.717, 1.165) is 28.3 Å². The van der Waals surface area contributed by atoms with Crippen molar-refractivity contribution in [3.63, 3.8) is 0 Å². The molecule has 0 bridgehead atoms. The zero-order chi connectivity index (χ0) is 22.2. The van der Waals surface area contributed by atoms with Gasteiger partial charge in [-0.3, -0.25) is 9.69 Å². The first kappa shape index (κ1) is 22.0. The summed E-state index contributed by atoms with van der Waals surface area (Å²) in [5, 5.41) is 0. The molecule has 1 heterocycles. The Morgan fingerprint density at radius 3 is 2.33 bits per heavy atom. The molecular formula is C24H31NO4Si. The number of ether oxygens (including phenoxy) is 2. The molecule has 0 unspecified atom stereocenters. The van der Waals surface area contributed by atoms with Crippen LogP contribution in [0.25, 0.3) is 0 Å². The number of carbonyl (C=O) groups is 1. The number of benzene rings is 2. The summed E-state index contributed by atoms with van der Waals surface area (Å²) in [6.45, 7) is 14.8. The molecule has 0 aliphatic carbocycles. The minimum absolute atomic E-state index is 0.0888. The Hall–Kier alpha value is -2.73. The van der Waals surface area contributed by atoms with Gasteiger partial charge in [-0.1, -0.05) is 33.4 Å². The highest BCUT2D eigenvalue weighted by Crippen LogP contribution is 2.50. The van der Waals surface area contributed by atoms with E-state index in [0.29, 0.717) is 11.3 Å². The van der Waals surface area contributed by atoms with E-state index >= 15 is 0 Å². The molecule has 1 saturated heterocycles. The number of hydrogen-bond acceptors (Lipinski definition) is 4. The van der Waals surface area contributed by atoms with Crippen LogP contribution in [0.2, 0.25) is 13.1 Å². The van der Waals surface area contributed by atoms with Crippen molar-refractivity contribution >= 4 is 20.6 Å². The first-order valence-electron chi connectivity index (χ1n) is 10.1. The van der Waals surface area contributed by atoms with Crippen molar-refractivity contribution in [2.45, 2.75) is 45.3 Å². The van der Waals surface area contributed by atoms with E-state index in [2.05, 4.69) is 40.4 Å². The summed E-state index contributed by atoms with van der Waals surface area (Å²) in [5.41, 5.74) is 3.09. The minimum atomic E-state index is -1.44. The number of anilines is 1. The van der Waals surface area contributed by atoms with Gasteiger partial charge < -0.3 is 13.9 Å². The van der Waals surface area contributed by atoms with E-state index in [9.17, 15) is 4.79 Å². The van der Waals surface area contributed by atoms with E-state index in [1.165, 1.54) is 0 Å². The molecule has 1 atom stereocenters. The monoisotopic (exact) mass is 425 g/mol. The van der Waals surface area contributed by atoms with Crippen LogP contribution in [0.3, 0.4) is 0 Å². The fourth-order valence-corrected chi connectivity index (χ4v) is 4.60. The predicted molar refractivity (Wildman–Crippen MR) is 124 cm³/mol. The average molecular weight is 426 g/mol. The van der Waals surface area contributed by atoms with Crippen molar-refractivity contribution in [3.05, 3.63) is 59.7 Å². The molecule has 6 heteroatoms. The van der Waals surface area contributed by atoms with Crippen molar-refractivity contribution in [3.8, 4) is 17.2 Å². The number of methoxy groups -OCH3 is 2. The summed E-state index contributed by atoms with van der Waals surface area (Å²) in [4.78, 5) is 14.6. The van der Waals surface area contributed by atoms with Crippen LogP contribution in [0, 0.1) is 0 Å². The average Bonchev–Trinajstić information content (AvgIpc) is 2.70. The molecule has 0 aromatic heterocycles. The van der Waals surface area contributed by atoms with Crippen LogP contribution in [0.1, 0.15) is 37.9 Å². The normalized spacial score (nSPS) is 16.5. The van der Waals surface area contributed by atoms with Crippen LogP contribution in [0.4, 0.5) is 5.69 Å². The summed E-state index contributed by atoms with van der Waals surface area (Å²) in [5.74, 6) is 2.22. The molecule has 1 aliphatic heterocycles. The molecular weight excluding hydrogens is 394 g/mol. The molecule has 2 aromatic carbocycles. The molecule has 3 rings (SSSR count). The number of rotatable bonds is 6. The third-order valence-electron chi connectivity index (χ3n) is 5.18. The van der Waals surface area contributed by atoms with E-state index in [1.807, 2.05) is 36.4 Å². The van der Waals surface area contributed by atoms with Crippen molar-refractivity contribution in [2.75, 3.05) is 19.1 Å². The number of carbonyl (C=O) groups excluding carboxylic acids is 1. The lowest BCUT2D eigenvalue weighted by atomic mass is 9.80. The molecule has 160 valence electrons. The topological polar surface area (TPSA) is 48.0 Å². The molecule has 5 nitrogen and oxygen atoms in total. The van der Waals surface area contributed by atoms with Crippen molar-refractivity contribution in [2.24, 2.45) is 0 Å². The van der Waals surface area contributed by atoms with Gasteiger partial charge in [0.1, 0.15) is 17.2 Å². The van der Waals surface area contributed by atoms with Gasteiger partial charge in [0.2, 0.25) is 9.04 Å². The van der Waals surface area contributed by atoms with Crippen LogP contribution < -0.4 is 18.8 Å². The van der Waals surface area contributed by atoms with Crippen LogP contribution in [0.5, 0.6) is 17.2 Å². The zero-order valence-electron chi connectivity index (χ0n) is 18.9. The smallest absolute Gasteiger partial charge is 0.256 e. The summed E-state index contributed by atoms with van der Waals surface area (Å²) in [6, 6.07) is 11.2.